The monoisotopic (exact) mass is 270 g/mol. The zero-order valence-electron chi connectivity index (χ0n) is 12.1. The summed E-state index contributed by atoms with van der Waals surface area (Å²) in [6.45, 7) is 2.18. The molecule has 0 spiro atoms. The minimum Gasteiger partial charge on any atom is -0.323 e. The van der Waals surface area contributed by atoms with Crippen molar-refractivity contribution in [2.75, 3.05) is 0 Å². The zero-order valence-corrected chi connectivity index (χ0v) is 12.1. The van der Waals surface area contributed by atoms with Gasteiger partial charge in [0.25, 0.3) is 0 Å². The number of nitrogens with one attached hydrogen (secondary N) is 1. The smallest absolute Gasteiger partial charge is 0.0793 e. The number of hydrogen-bond acceptors (Lipinski definition) is 3. The Morgan fingerprint density at radius 3 is 2.85 bits per heavy atom. The molecule has 2 aromatic rings. The molecule has 0 amide bonds. The molecule has 1 aromatic carbocycles. The van der Waals surface area contributed by atoms with Crippen LogP contribution in [0.15, 0.2) is 36.5 Å². The van der Waals surface area contributed by atoms with Crippen LogP contribution in [0, 0.1) is 0 Å². The second-order valence-electron chi connectivity index (χ2n) is 5.58. The summed E-state index contributed by atoms with van der Waals surface area (Å²) < 4.78 is 1.85. The number of nitrogens with zero attached hydrogens (tertiary/aromatic N) is 2. The van der Waals surface area contributed by atoms with E-state index in [4.69, 9.17) is 5.73 Å². The van der Waals surface area contributed by atoms with Crippen LogP contribution in [-0.2, 0) is 13.5 Å². The molecule has 4 heteroatoms. The molecule has 3 rings (SSSR count). The number of rotatable bonds is 4. The normalized spacial score (nSPS) is 22.8. The van der Waals surface area contributed by atoms with Crippen molar-refractivity contribution in [3.63, 3.8) is 0 Å². The van der Waals surface area contributed by atoms with E-state index >= 15 is 0 Å². The molecule has 20 heavy (non-hydrogen) atoms. The highest BCUT2D eigenvalue weighted by Gasteiger charge is 2.31. The van der Waals surface area contributed by atoms with Gasteiger partial charge in [-0.3, -0.25) is 4.68 Å². The molecule has 3 N–H and O–H groups in total. The number of benzene rings is 1. The zero-order chi connectivity index (χ0) is 14.1. The Hall–Kier alpha value is -1.65. The third kappa shape index (κ3) is 2.37. The molecule has 0 saturated heterocycles. The van der Waals surface area contributed by atoms with Crippen LogP contribution < -0.4 is 11.1 Å². The van der Waals surface area contributed by atoms with Gasteiger partial charge in [0.15, 0.2) is 0 Å². The van der Waals surface area contributed by atoms with Gasteiger partial charge in [-0.15, -0.1) is 0 Å². The van der Waals surface area contributed by atoms with Gasteiger partial charge >= 0.3 is 0 Å². The lowest BCUT2D eigenvalue weighted by Gasteiger charge is -2.23. The summed E-state index contributed by atoms with van der Waals surface area (Å²) in [6, 6.07) is 11.2. The second-order valence-corrected chi connectivity index (χ2v) is 5.58. The molecule has 1 unspecified atom stereocenters. The van der Waals surface area contributed by atoms with E-state index in [0.717, 1.165) is 18.5 Å². The van der Waals surface area contributed by atoms with Gasteiger partial charge in [-0.05, 0) is 30.0 Å². The highest BCUT2D eigenvalue weighted by Crippen LogP contribution is 2.31. The molecule has 0 radical (unpaired) electrons. The van der Waals surface area contributed by atoms with Crippen LogP contribution in [0.2, 0.25) is 0 Å². The van der Waals surface area contributed by atoms with E-state index < -0.39 is 0 Å². The molecule has 3 atom stereocenters. The molecule has 0 fully saturated rings. The van der Waals surface area contributed by atoms with Gasteiger partial charge in [0.2, 0.25) is 0 Å². The van der Waals surface area contributed by atoms with E-state index in [9.17, 15) is 0 Å². The highest BCUT2D eigenvalue weighted by atomic mass is 15.3. The van der Waals surface area contributed by atoms with Crippen LogP contribution in [0.1, 0.15) is 42.2 Å². The summed E-state index contributed by atoms with van der Waals surface area (Å²) >= 11 is 0. The maximum absolute atomic E-state index is 6.39. The van der Waals surface area contributed by atoms with Gasteiger partial charge in [0, 0.05) is 25.3 Å². The predicted molar refractivity (Wildman–Crippen MR) is 80.2 cm³/mol. The van der Waals surface area contributed by atoms with Crippen molar-refractivity contribution < 1.29 is 0 Å². The summed E-state index contributed by atoms with van der Waals surface area (Å²) in [5.74, 6) is 0. The average molecular weight is 270 g/mol. The average Bonchev–Trinajstić information content (AvgIpc) is 3.01. The molecule has 106 valence electrons. The predicted octanol–water partition coefficient (Wildman–Crippen LogP) is 2.09. The fraction of sp³-hybridized carbons (Fsp3) is 0.438. The van der Waals surface area contributed by atoms with Gasteiger partial charge in [0.05, 0.1) is 11.7 Å². The molecule has 0 aliphatic heterocycles. The highest BCUT2D eigenvalue weighted by molar-refractivity contribution is 5.37. The number of nitrogens with two attached hydrogens (primary N) is 1. The molecule has 1 aliphatic rings. The summed E-state index contributed by atoms with van der Waals surface area (Å²) in [7, 11) is 1.95. The van der Waals surface area contributed by atoms with Crippen molar-refractivity contribution in [1.29, 1.82) is 0 Å². The lowest BCUT2D eigenvalue weighted by atomic mass is 10.1. The van der Waals surface area contributed by atoms with Crippen LogP contribution in [-0.4, -0.2) is 15.8 Å². The Labute approximate surface area is 120 Å². The second kappa shape index (κ2) is 5.38. The molecular formula is C16H22N4. The molecule has 4 nitrogen and oxygen atoms in total. The van der Waals surface area contributed by atoms with Crippen LogP contribution in [0.25, 0.3) is 0 Å². The Kier molecular flexibility index (Phi) is 3.59. The first kappa shape index (κ1) is 13.3. The van der Waals surface area contributed by atoms with Crippen molar-refractivity contribution in [1.82, 2.24) is 15.1 Å². The van der Waals surface area contributed by atoms with Gasteiger partial charge in [-0.2, -0.15) is 5.10 Å². The third-order valence-electron chi connectivity index (χ3n) is 4.20. The van der Waals surface area contributed by atoms with E-state index in [-0.39, 0.29) is 12.1 Å². The van der Waals surface area contributed by atoms with E-state index in [0.29, 0.717) is 6.04 Å². The minimum absolute atomic E-state index is 0.0731. The summed E-state index contributed by atoms with van der Waals surface area (Å²) in [4.78, 5) is 0. The Morgan fingerprint density at radius 1 is 1.40 bits per heavy atom. The van der Waals surface area contributed by atoms with Crippen molar-refractivity contribution in [2.24, 2.45) is 12.8 Å². The number of fused-ring (bicyclic) bond motifs is 1. The van der Waals surface area contributed by atoms with Gasteiger partial charge < -0.3 is 11.1 Å². The minimum atomic E-state index is 0.0731. The van der Waals surface area contributed by atoms with Crippen molar-refractivity contribution in [3.05, 3.63) is 53.3 Å². The molecule has 1 aromatic heterocycles. The van der Waals surface area contributed by atoms with E-state index in [1.807, 2.05) is 17.9 Å². The first-order valence-electron chi connectivity index (χ1n) is 7.28. The lowest BCUT2D eigenvalue weighted by molar-refractivity contribution is 0.388. The van der Waals surface area contributed by atoms with Gasteiger partial charge in [0.1, 0.15) is 0 Å². The number of hydrogen-bond donors (Lipinski definition) is 2. The van der Waals surface area contributed by atoms with Crippen molar-refractivity contribution in [3.8, 4) is 0 Å². The Balaban J connectivity index is 1.75. The van der Waals surface area contributed by atoms with Gasteiger partial charge in [-0.1, -0.05) is 31.2 Å². The molecule has 1 aliphatic carbocycles. The molecule has 0 bridgehead atoms. The molecule has 1 heterocycles. The lowest BCUT2D eigenvalue weighted by Crippen LogP contribution is -2.39. The molecule has 0 saturated carbocycles. The number of aryl methyl sites for hydroxylation is 1. The first-order chi connectivity index (χ1) is 9.69. The van der Waals surface area contributed by atoms with Crippen LogP contribution in [0.5, 0.6) is 0 Å². The standard InChI is InChI=1S/C16H22N4/c1-3-13(14-8-9-20(2)19-14)18-15-10-11-6-4-5-7-12(11)16(15)17/h4-9,13,15-16,18H,3,10,17H2,1-2H3/t13?,15-,16-/m1/s1. The van der Waals surface area contributed by atoms with Gasteiger partial charge in [-0.25, -0.2) is 0 Å². The van der Waals surface area contributed by atoms with Crippen LogP contribution >= 0.6 is 0 Å². The number of aromatic nitrogens is 2. The fourth-order valence-electron chi connectivity index (χ4n) is 3.08. The quantitative estimate of drug-likeness (QED) is 0.894. The first-order valence-corrected chi connectivity index (χ1v) is 7.28. The Bertz CT molecular complexity index is 590. The molecular weight excluding hydrogens is 248 g/mol. The van der Waals surface area contributed by atoms with Crippen molar-refractivity contribution in [2.45, 2.75) is 37.9 Å². The topological polar surface area (TPSA) is 55.9 Å². The van der Waals surface area contributed by atoms with E-state index in [1.54, 1.807) is 0 Å². The summed E-state index contributed by atoms with van der Waals surface area (Å²) in [6.07, 6.45) is 4.00. The van der Waals surface area contributed by atoms with Crippen LogP contribution in [0.4, 0.5) is 0 Å². The summed E-state index contributed by atoms with van der Waals surface area (Å²) in [5, 5.41) is 8.20. The largest absolute Gasteiger partial charge is 0.323 e. The maximum Gasteiger partial charge on any atom is 0.0793 e. The maximum atomic E-state index is 6.39. The fourth-order valence-corrected chi connectivity index (χ4v) is 3.08. The van der Waals surface area contributed by atoms with Crippen molar-refractivity contribution >= 4 is 0 Å². The Morgan fingerprint density at radius 2 is 2.20 bits per heavy atom. The summed E-state index contributed by atoms with van der Waals surface area (Å²) in [5.41, 5.74) is 10.1. The van der Waals surface area contributed by atoms with E-state index in [2.05, 4.69) is 47.7 Å². The van der Waals surface area contributed by atoms with E-state index in [1.165, 1.54) is 11.1 Å². The van der Waals surface area contributed by atoms with Crippen LogP contribution in [0.3, 0.4) is 0 Å². The SMILES string of the molecule is CCC(N[C@@H]1Cc2ccccc2[C@H]1N)c1ccn(C)n1. The third-order valence-corrected chi connectivity index (χ3v) is 4.20.